The first-order valence-corrected chi connectivity index (χ1v) is 10.5. The van der Waals surface area contributed by atoms with Crippen molar-refractivity contribution in [1.29, 1.82) is 0 Å². The van der Waals surface area contributed by atoms with Gasteiger partial charge in [0.25, 0.3) is 11.8 Å². The fourth-order valence-electron chi connectivity index (χ4n) is 3.41. The van der Waals surface area contributed by atoms with Gasteiger partial charge in [0.2, 0.25) is 0 Å². The fourth-order valence-corrected chi connectivity index (χ4v) is 3.41. The summed E-state index contributed by atoms with van der Waals surface area (Å²) in [6.45, 7) is 8.23. The lowest BCUT2D eigenvalue weighted by Crippen LogP contribution is -2.20. The van der Waals surface area contributed by atoms with Gasteiger partial charge in [0, 0.05) is 5.69 Å². The first-order valence-electron chi connectivity index (χ1n) is 10.5. The van der Waals surface area contributed by atoms with Crippen molar-refractivity contribution in [2.75, 3.05) is 17.2 Å². The molecule has 1 heterocycles. The lowest BCUT2D eigenvalue weighted by Gasteiger charge is -2.19. The smallest absolute Gasteiger partial charge is 0.262 e. The number of hydrogen-bond donors (Lipinski definition) is 2. The summed E-state index contributed by atoms with van der Waals surface area (Å²) >= 11 is 0. The van der Waals surface area contributed by atoms with E-state index in [1.165, 1.54) is 5.56 Å². The second-order valence-electron chi connectivity index (χ2n) is 8.88. The highest BCUT2D eigenvalue weighted by Gasteiger charge is 2.21. The van der Waals surface area contributed by atoms with Crippen LogP contribution in [0.2, 0.25) is 0 Å². The van der Waals surface area contributed by atoms with E-state index in [2.05, 4.69) is 31.4 Å². The van der Waals surface area contributed by atoms with Crippen LogP contribution in [0.1, 0.15) is 42.3 Å². The zero-order chi connectivity index (χ0) is 22.9. The first kappa shape index (κ1) is 21.4. The summed E-state index contributed by atoms with van der Waals surface area (Å²) in [5.41, 5.74) is 3.70. The number of amides is 2. The molecule has 4 rings (SSSR count). The number of carbonyl (C=O) groups is 2. The van der Waals surface area contributed by atoms with Crippen molar-refractivity contribution in [2.45, 2.75) is 33.1 Å². The molecule has 0 radical (unpaired) electrons. The average Bonchev–Trinajstić information content (AvgIpc) is 2.87. The summed E-state index contributed by atoms with van der Waals surface area (Å²) in [5, 5.41) is 5.63. The Kier molecular flexibility index (Phi) is 5.61. The minimum atomic E-state index is -0.321. The van der Waals surface area contributed by atoms with E-state index in [-0.39, 0.29) is 23.8 Å². The van der Waals surface area contributed by atoms with Gasteiger partial charge < -0.3 is 20.1 Å². The van der Waals surface area contributed by atoms with Crippen LogP contribution in [-0.4, -0.2) is 18.4 Å². The van der Waals surface area contributed by atoms with Gasteiger partial charge in [0.05, 0.1) is 11.3 Å². The number of rotatable bonds is 4. The predicted molar refractivity (Wildman–Crippen MR) is 125 cm³/mol. The van der Waals surface area contributed by atoms with Gasteiger partial charge in [-0.15, -0.1) is 0 Å². The minimum absolute atomic E-state index is 0.0530. The van der Waals surface area contributed by atoms with Crippen molar-refractivity contribution < 1.29 is 19.1 Å². The van der Waals surface area contributed by atoms with Crippen molar-refractivity contribution in [1.82, 2.24) is 0 Å². The molecule has 6 nitrogen and oxygen atoms in total. The minimum Gasteiger partial charge on any atom is -0.484 e. The van der Waals surface area contributed by atoms with Crippen LogP contribution in [-0.2, 0) is 10.2 Å². The highest BCUT2D eigenvalue weighted by atomic mass is 16.5. The number of ether oxygens (including phenoxy) is 2. The Morgan fingerprint density at radius 1 is 1.00 bits per heavy atom. The average molecular weight is 431 g/mol. The molecule has 0 aromatic heterocycles. The summed E-state index contributed by atoms with van der Waals surface area (Å²) in [5.74, 6) is 1.01. The summed E-state index contributed by atoms with van der Waals surface area (Å²) in [4.78, 5) is 25.1. The van der Waals surface area contributed by atoms with Crippen LogP contribution in [0.3, 0.4) is 0 Å². The standard InChI is InChI=1S/C26H26N2O4/c1-16-5-11-23-21(13-16)28-25(30)20-14-18(8-12-22(20)32-23)27-24(29)15-31-19-9-6-17(7-10-19)26(2,3)4/h5-14H,15H2,1-4H3,(H,27,29)(H,28,30). The number of benzene rings is 3. The van der Waals surface area contributed by atoms with Gasteiger partial charge in [-0.1, -0.05) is 39.0 Å². The lowest BCUT2D eigenvalue weighted by molar-refractivity contribution is -0.118. The van der Waals surface area contributed by atoms with Gasteiger partial charge in [0.1, 0.15) is 11.5 Å². The molecular formula is C26H26N2O4. The van der Waals surface area contributed by atoms with Crippen LogP contribution >= 0.6 is 0 Å². The molecule has 164 valence electrons. The summed E-state index contributed by atoms with van der Waals surface area (Å²) in [6, 6.07) is 18.3. The molecule has 0 saturated heterocycles. The second-order valence-corrected chi connectivity index (χ2v) is 8.88. The first-order chi connectivity index (χ1) is 15.2. The van der Waals surface area contributed by atoms with E-state index in [1.807, 2.05) is 49.4 Å². The van der Waals surface area contributed by atoms with Crippen LogP contribution < -0.4 is 20.1 Å². The highest BCUT2D eigenvalue weighted by Crippen LogP contribution is 2.37. The van der Waals surface area contributed by atoms with E-state index in [0.717, 1.165) is 5.56 Å². The van der Waals surface area contributed by atoms with Crippen molar-refractivity contribution in [3.05, 3.63) is 77.4 Å². The third kappa shape index (κ3) is 4.75. The van der Waals surface area contributed by atoms with Crippen molar-refractivity contribution in [2.24, 2.45) is 0 Å². The third-order valence-electron chi connectivity index (χ3n) is 5.20. The van der Waals surface area contributed by atoms with E-state index in [0.29, 0.717) is 34.2 Å². The van der Waals surface area contributed by atoms with Gasteiger partial charge in [0.15, 0.2) is 12.4 Å². The lowest BCUT2D eigenvalue weighted by atomic mass is 9.87. The highest BCUT2D eigenvalue weighted by molar-refractivity contribution is 6.09. The molecule has 0 saturated carbocycles. The molecule has 32 heavy (non-hydrogen) atoms. The molecule has 6 heteroatoms. The Morgan fingerprint density at radius 3 is 2.44 bits per heavy atom. The largest absolute Gasteiger partial charge is 0.484 e. The summed E-state index contributed by atoms with van der Waals surface area (Å²) in [6.07, 6.45) is 0. The maximum absolute atomic E-state index is 12.7. The quantitative estimate of drug-likeness (QED) is 0.559. The van der Waals surface area contributed by atoms with Gasteiger partial charge >= 0.3 is 0 Å². The Bertz CT molecular complexity index is 1180. The molecule has 1 aliphatic rings. The fraction of sp³-hybridized carbons (Fsp3) is 0.231. The predicted octanol–water partition coefficient (Wildman–Crippen LogP) is 5.67. The normalized spacial score (nSPS) is 12.6. The second kappa shape index (κ2) is 8.38. The zero-order valence-corrected chi connectivity index (χ0v) is 18.6. The van der Waals surface area contributed by atoms with Crippen molar-refractivity contribution in [3.63, 3.8) is 0 Å². The summed E-state index contributed by atoms with van der Waals surface area (Å²) in [7, 11) is 0. The SMILES string of the molecule is Cc1ccc2c(c1)NC(=O)c1cc(NC(=O)COc3ccc(C(C)(C)C)cc3)ccc1O2. The van der Waals surface area contributed by atoms with E-state index < -0.39 is 0 Å². The van der Waals surface area contributed by atoms with Crippen LogP contribution in [0.25, 0.3) is 0 Å². The third-order valence-corrected chi connectivity index (χ3v) is 5.20. The molecule has 3 aromatic rings. The molecule has 0 atom stereocenters. The van der Waals surface area contributed by atoms with E-state index in [9.17, 15) is 9.59 Å². The topological polar surface area (TPSA) is 76.7 Å². The molecule has 0 spiro atoms. The van der Waals surface area contributed by atoms with Crippen molar-refractivity contribution >= 4 is 23.2 Å². The number of nitrogens with one attached hydrogen (secondary N) is 2. The molecule has 0 bridgehead atoms. The molecule has 1 aliphatic heterocycles. The Labute approximate surface area is 187 Å². The van der Waals surface area contributed by atoms with E-state index >= 15 is 0 Å². The molecule has 0 unspecified atom stereocenters. The number of fused-ring (bicyclic) bond motifs is 2. The van der Waals surface area contributed by atoms with Gasteiger partial charge in [-0.05, 0) is 65.9 Å². The number of anilines is 2. The van der Waals surface area contributed by atoms with E-state index in [4.69, 9.17) is 9.47 Å². The number of aryl methyl sites for hydroxylation is 1. The van der Waals surface area contributed by atoms with Gasteiger partial charge in [-0.3, -0.25) is 9.59 Å². The van der Waals surface area contributed by atoms with Gasteiger partial charge in [-0.25, -0.2) is 0 Å². The number of carbonyl (C=O) groups excluding carboxylic acids is 2. The molecule has 2 N–H and O–H groups in total. The van der Waals surface area contributed by atoms with E-state index in [1.54, 1.807) is 18.2 Å². The van der Waals surface area contributed by atoms with Crippen LogP contribution in [0.5, 0.6) is 17.2 Å². The Morgan fingerprint density at radius 2 is 1.72 bits per heavy atom. The van der Waals surface area contributed by atoms with Crippen LogP contribution in [0, 0.1) is 6.92 Å². The molecule has 2 amide bonds. The molecule has 0 fully saturated rings. The summed E-state index contributed by atoms with van der Waals surface area (Å²) < 4.78 is 11.5. The Balaban J connectivity index is 1.41. The van der Waals surface area contributed by atoms with Gasteiger partial charge in [-0.2, -0.15) is 0 Å². The maximum Gasteiger partial charge on any atom is 0.262 e. The van der Waals surface area contributed by atoms with Crippen LogP contribution in [0.15, 0.2) is 60.7 Å². The van der Waals surface area contributed by atoms with Crippen molar-refractivity contribution in [3.8, 4) is 17.2 Å². The molecule has 0 aliphatic carbocycles. The molecule has 3 aromatic carbocycles. The number of hydrogen-bond acceptors (Lipinski definition) is 4. The van der Waals surface area contributed by atoms with Crippen LogP contribution in [0.4, 0.5) is 11.4 Å². The Hall–Kier alpha value is -3.80. The molecular weight excluding hydrogens is 404 g/mol. The zero-order valence-electron chi connectivity index (χ0n) is 18.6. The monoisotopic (exact) mass is 430 g/mol. The maximum atomic E-state index is 12.7.